The standard InChI is InChI=1S/C16H35N5.HI/c1-5-11-20(6-2)13-10-18-16(17-4)19-14-15-9-8-12-21(15)7-3;/h15H,5-14H2,1-4H3,(H2,17,18,19);1H. The maximum atomic E-state index is 4.33. The van der Waals surface area contributed by atoms with Crippen molar-refractivity contribution in [3.63, 3.8) is 0 Å². The number of guanidine groups is 1. The van der Waals surface area contributed by atoms with Gasteiger partial charge in [0.1, 0.15) is 0 Å². The number of hydrogen-bond donors (Lipinski definition) is 2. The van der Waals surface area contributed by atoms with Gasteiger partial charge < -0.3 is 15.5 Å². The molecule has 0 bridgehead atoms. The maximum absolute atomic E-state index is 4.33. The molecule has 6 heteroatoms. The van der Waals surface area contributed by atoms with Gasteiger partial charge in [0, 0.05) is 32.7 Å². The molecule has 0 aromatic carbocycles. The molecular weight excluding hydrogens is 389 g/mol. The second-order valence-electron chi connectivity index (χ2n) is 5.74. The zero-order valence-electron chi connectivity index (χ0n) is 14.9. The van der Waals surface area contributed by atoms with Crippen molar-refractivity contribution < 1.29 is 0 Å². The van der Waals surface area contributed by atoms with E-state index in [1.54, 1.807) is 0 Å². The van der Waals surface area contributed by atoms with E-state index in [1.165, 1.54) is 32.4 Å². The van der Waals surface area contributed by atoms with Crippen LogP contribution in [0.2, 0.25) is 0 Å². The average molecular weight is 425 g/mol. The third-order valence-corrected chi connectivity index (χ3v) is 4.34. The summed E-state index contributed by atoms with van der Waals surface area (Å²) in [6.45, 7) is 14.4. The number of halogens is 1. The molecular formula is C16H36IN5. The summed E-state index contributed by atoms with van der Waals surface area (Å²) in [7, 11) is 1.85. The highest BCUT2D eigenvalue weighted by Gasteiger charge is 2.22. The number of aliphatic imine (C=N–C) groups is 1. The van der Waals surface area contributed by atoms with Crippen LogP contribution in [0.1, 0.15) is 40.0 Å². The van der Waals surface area contributed by atoms with E-state index in [1.807, 2.05) is 7.05 Å². The predicted molar refractivity (Wildman–Crippen MR) is 107 cm³/mol. The van der Waals surface area contributed by atoms with E-state index in [0.29, 0.717) is 6.04 Å². The molecule has 0 radical (unpaired) electrons. The Labute approximate surface area is 154 Å². The molecule has 1 aliphatic heterocycles. The third kappa shape index (κ3) is 7.97. The zero-order chi connectivity index (χ0) is 15.5. The fourth-order valence-corrected chi connectivity index (χ4v) is 3.05. The Balaban J connectivity index is 0.00000441. The Hall–Kier alpha value is -0.0800. The van der Waals surface area contributed by atoms with Crippen molar-refractivity contribution in [2.24, 2.45) is 4.99 Å². The number of likely N-dealkylation sites (N-methyl/N-ethyl adjacent to an activating group) is 2. The lowest BCUT2D eigenvalue weighted by molar-refractivity contribution is 0.266. The number of nitrogens with zero attached hydrogens (tertiary/aromatic N) is 3. The topological polar surface area (TPSA) is 42.9 Å². The lowest BCUT2D eigenvalue weighted by atomic mass is 10.2. The first-order chi connectivity index (χ1) is 10.2. The van der Waals surface area contributed by atoms with Gasteiger partial charge in [0.05, 0.1) is 0 Å². The molecule has 1 heterocycles. The van der Waals surface area contributed by atoms with Crippen molar-refractivity contribution in [3.05, 3.63) is 0 Å². The van der Waals surface area contributed by atoms with Crippen molar-refractivity contribution in [2.75, 3.05) is 52.9 Å². The summed E-state index contributed by atoms with van der Waals surface area (Å²) in [5.74, 6) is 0.936. The molecule has 1 unspecified atom stereocenters. The van der Waals surface area contributed by atoms with Gasteiger partial charge in [0.15, 0.2) is 5.96 Å². The molecule has 0 aromatic rings. The van der Waals surface area contributed by atoms with Gasteiger partial charge in [0.2, 0.25) is 0 Å². The molecule has 1 atom stereocenters. The van der Waals surface area contributed by atoms with Gasteiger partial charge in [-0.15, -0.1) is 24.0 Å². The Kier molecular flexibility index (Phi) is 13.3. The van der Waals surface area contributed by atoms with Crippen molar-refractivity contribution >= 4 is 29.9 Å². The normalized spacial score (nSPS) is 19.3. The Morgan fingerprint density at radius 2 is 2.00 bits per heavy atom. The number of rotatable bonds is 9. The molecule has 0 spiro atoms. The van der Waals surface area contributed by atoms with Crippen molar-refractivity contribution in [1.82, 2.24) is 20.4 Å². The largest absolute Gasteiger partial charge is 0.355 e. The van der Waals surface area contributed by atoms with E-state index in [0.717, 1.165) is 38.7 Å². The van der Waals surface area contributed by atoms with Crippen LogP contribution in [0.3, 0.4) is 0 Å². The van der Waals surface area contributed by atoms with Gasteiger partial charge in [0.25, 0.3) is 0 Å². The second kappa shape index (κ2) is 13.4. The van der Waals surface area contributed by atoms with E-state index in [9.17, 15) is 0 Å². The summed E-state index contributed by atoms with van der Waals surface area (Å²) in [6, 6.07) is 0.667. The van der Waals surface area contributed by atoms with Crippen LogP contribution < -0.4 is 10.6 Å². The minimum absolute atomic E-state index is 0. The molecule has 0 aromatic heterocycles. The monoisotopic (exact) mass is 425 g/mol. The molecule has 0 aliphatic carbocycles. The second-order valence-corrected chi connectivity index (χ2v) is 5.74. The van der Waals surface area contributed by atoms with Crippen LogP contribution >= 0.6 is 24.0 Å². The smallest absolute Gasteiger partial charge is 0.191 e. The lowest BCUT2D eigenvalue weighted by Gasteiger charge is -2.24. The van der Waals surface area contributed by atoms with Crippen molar-refractivity contribution in [2.45, 2.75) is 46.1 Å². The quantitative estimate of drug-likeness (QED) is 0.337. The van der Waals surface area contributed by atoms with Crippen LogP contribution in [-0.2, 0) is 0 Å². The van der Waals surface area contributed by atoms with Gasteiger partial charge in [-0.1, -0.05) is 20.8 Å². The molecule has 1 saturated heterocycles. The van der Waals surface area contributed by atoms with Crippen LogP contribution in [0.25, 0.3) is 0 Å². The van der Waals surface area contributed by atoms with E-state index in [-0.39, 0.29) is 24.0 Å². The average Bonchev–Trinajstić information content (AvgIpc) is 2.97. The van der Waals surface area contributed by atoms with E-state index >= 15 is 0 Å². The van der Waals surface area contributed by atoms with Gasteiger partial charge in [-0.3, -0.25) is 9.89 Å². The lowest BCUT2D eigenvalue weighted by Crippen LogP contribution is -2.46. The van der Waals surface area contributed by atoms with Gasteiger partial charge in [-0.05, 0) is 45.4 Å². The first kappa shape index (κ1) is 21.9. The molecule has 0 saturated carbocycles. The fourth-order valence-electron chi connectivity index (χ4n) is 3.05. The minimum Gasteiger partial charge on any atom is -0.355 e. The molecule has 5 nitrogen and oxygen atoms in total. The predicted octanol–water partition coefficient (Wildman–Crippen LogP) is 1.99. The van der Waals surface area contributed by atoms with Crippen LogP contribution in [0.4, 0.5) is 0 Å². The number of nitrogens with one attached hydrogen (secondary N) is 2. The SMILES string of the molecule is CCCN(CC)CCNC(=NC)NCC1CCCN1CC.I. The fraction of sp³-hybridized carbons (Fsp3) is 0.938. The first-order valence-electron chi connectivity index (χ1n) is 8.66. The van der Waals surface area contributed by atoms with E-state index in [2.05, 4.69) is 46.2 Å². The highest BCUT2D eigenvalue weighted by Crippen LogP contribution is 2.15. The van der Waals surface area contributed by atoms with E-state index in [4.69, 9.17) is 0 Å². The molecule has 2 N–H and O–H groups in total. The minimum atomic E-state index is 0. The van der Waals surface area contributed by atoms with Crippen LogP contribution in [0.5, 0.6) is 0 Å². The van der Waals surface area contributed by atoms with Gasteiger partial charge >= 0.3 is 0 Å². The first-order valence-corrected chi connectivity index (χ1v) is 8.66. The third-order valence-electron chi connectivity index (χ3n) is 4.34. The highest BCUT2D eigenvalue weighted by molar-refractivity contribution is 14.0. The van der Waals surface area contributed by atoms with Crippen molar-refractivity contribution in [3.8, 4) is 0 Å². The summed E-state index contributed by atoms with van der Waals surface area (Å²) in [5.41, 5.74) is 0. The van der Waals surface area contributed by atoms with Crippen LogP contribution in [0, 0.1) is 0 Å². The summed E-state index contributed by atoms with van der Waals surface area (Å²) in [6.07, 6.45) is 3.85. The van der Waals surface area contributed by atoms with E-state index < -0.39 is 0 Å². The molecule has 1 rings (SSSR count). The summed E-state index contributed by atoms with van der Waals surface area (Å²) in [5, 5.41) is 6.91. The van der Waals surface area contributed by atoms with Gasteiger partial charge in [-0.2, -0.15) is 0 Å². The van der Waals surface area contributed by atoms with Crippen LogP contribution in [-0.4, -0.2) is 74.7 Å². The van der Waals surface area contributed by atoms with Crippen LogP contribution in [0.15, 0.2) is 4.99 Å². The maximum Gasteiger partial charge on any atom is 0.191 e. The highest BCUT2D eigenvalue weighted by atomic mass is 127. The Bertz CT molecular complexity index is 298. The van der Waals surface area contributed by atoms with Gasteiger partial charge in [-0.25, -0.2) is 0 Å². The molecule has 0 amide bonds. The number of hydrogen-bond acceptors (Lipinski definition) is 3. The Morgan fingerprint density at radius 3 is 2.59 bits per heavy atom. The number of likely N-dealkylation sites (tertiary alicyclic amines) is 1. The molecule has 1 aliphatic rings. The summed E-state index contributed by atoms with van der Waals surface area (Å²) < 4.78 is 0. The Morgan fingerprint density at radius 1 is 1.23 bits per heavy atom. The summed E-state index contributed by atoms with van der Waals surface area (Å²) in [4.78, 5) is 9.35. The molecule has 132 valence electrons. The van der Waals surface area contributed by atoms with Crippen molar-refractivity contribution in [1.29, 1.82) is 0 Å². The zero-order valence-corrected chi connectivity index (χ0v) is 17.2. The molecule has 22 heavy (non-hydrogen) atoms. The molecule has 1 fully saturated rings. The summed E-state index contributed by atoms with van der Waals surface area (Å²) >= 11 is 0.